The third-order valence-electron chi connectivity index (χ3n) is 3.69. The molecule has 0 bridgehead atoms. The van der Waals surface area contributed by atoms with Crippen LogP contribution in [0.3, 0.4) is 0 Å². The van der Waals surface area contributed by atoms with Crippen molar-refractivity contribution in [3.63, 3.8) is 0 Å². The largest absolute Gasteiger partial charge is 0.481 e. The third kappa shape index (κ3) is 3.06. The average Bonchev–Trinajstić information content (AvgIpc) is 2.37. The number of methoxy groups -OCH3 is 2. The molecule has 112 valence electrons. The standard InChI is InChI=1S/C12H16O8/c1-19-7(13)3-5-6(4-8(14)20-2)10(12(17)18)9(5)11(15)16/h5-6,9-10H,3-4H2,1-2H3,(H,15,16)(H,17,18). The molecule has 0 heterocycles. The van der Waals surface area contributed by atoms with Gasteiger partial charge in [0.1, 0.15) is 0 Å². The van der Waals surface area contributed by atoms with Gasteiger partial charge in [-0.05, 0) is 11.8 Å². The first-order valence-corrected chi connectivity index (χ1v) is 5.92. The predicted molar refractivity (Wildman–Crippen MR) is 62.5 cm³/mol. The molecular formula is C12H16O8. The van der Waals surface area contributed by atoms with Crippen LogP contribution in [0.15, 0.2) is 0 Å². The van der Waals surface area contributed by atoms with Gasteiger partial charge in [0.25, 0.3) is 0 Å². The summed E-state index contributed by atoms with van der Waals surface area (Å²) in [5.74, 6) is -7.79. The maximum Gasteiger partial charge on any atom is 0.307 e. The van der Waals surface area contributed by atoms with Crippen LogP contribution in [0.2, 0.25) is 0 Å². The molecule has 0 amide bonds. The number of carbonyl (C=O) groups excluding carboxylic acids is 2. The van der Waals surface area contributed by atoms with Crippen LogP contribution >= 0.6 is 0 Å². The maximum atomic E-state index is 11.3. The molecule has 8 nitrogen and oxygen atoms in total. The van der Waals surface area contributed by atoms with Crippen molar-refractivity contribution in [2.75, 3.05) is 14.2 Å². The monoisotopic (exact) mass is 288 g/mol. The van der Waals surface area contributed by atoms with Crippen LogP contribution < -0.4 is 0 Å². The van der Waals surface area contributed by atoms with Crippen molar-refractivity contribution in [2.45, 2.75) is 12.8 Å². The predicted octanol–water partition coefficient (Wildman–Crippen LogP) is -0.240. The fourth-order valence-electron chi connectivity index (χ4n) is 2.70. The van der Waals surface area contributed by atoms with Gasteiger partial charge in [0.15, 0.2) is 0 Å². The summed E-state index contributed by atoms with van der Waals surface area (Å²) in [4.78, 5) is 44.9. The van der Waals surface area contributed by atoms with E-state index in [4.69, 9.17) is 10.2 Å². The van der Waals surface area contributed by atoms with Crippen molar-refractivity contribution in [1.82, 2.24) is 0 Å². The maximum absolute atomic E-state index is 11.3. The van der Waals surface area contributed by atoms with Crippen molar-refractivity contribution in [3.8, 4) is 0 Å². The summed E-state index contributed by atoms with van der Waals surface area (Å²) in [5, 5.41) is 18.2. The highest BCUT2D eigenvalue weighted by molar-refractivity contribution is 5.85. The van der Waals surface area contributed by atoms with Gasteiger partial charge >= 0.3 is 23.9 Å². The minimum Gasteiger partial charge on any atom is -0.481 e. The Balaban J connectivity index is 2.94. The van der Waals surface area contributed by atoms with Crippen molar-refractivity contribution < 1.29 is 38.9 Å². The number of ether oxygens (including phenoxy) is 2. The second-order valence-corrected chi connectivity index (χ2v) is 4.62. The van der Waals surface area contributed by atoms with Crippen LogP contribution in [0, 0.1) is 23.7 Å². The second-order valence-electron chi connectivity index (χ2n) is 4.62. The Morgan fingerprint density at radius 3 is 1.30 bits per heavy atom. The molecule has 1 fully saturated rings. The Bertz CT molecular complexity index is 389. The Morgan fingerprint density at radius 1 is 0.800 bits per heavy atom. The van der Waals surface area contributed by atoms with Crippen molar-refractivity contribution in [2.24, 2.45) is 23.7 Å². The van der Waals surface area contributed by atoms with Crippen LogP contribution in [0.4, 0.5) is 0 Å². The van der Waals surface area contributed by atoms with Gasteiger partial charge in [-0.25, -0.2) is 0 Å². The van der Waals surface area contributed by atoms with E-state index in [9.17, 15) is 19.2 Å². The van der Waals surface area contributed by atoms with E-state index < -0.39 is 47.5 Å². The fourth-order valence-corrected chi connectivity index (χ4v) is 2.70. The van der Waals surface area contributed by atoms with Crippen LogP contribution in [0.25, 0.3) is 0 Å². The zero-order valence-corrected chi connectivity index (χ0v) is 11.1. The van der Waals surface area contributed by atoms with Gasteiger partial charge in [0.2, 0.25) is 0 Å². The molecular weight excluding hydrogens is 272 g/mol. The Hall–Kier alpha value is -2.12. The molecule has 0 aromatic carbocycles. The molecule has 0 saturated heterocycles. The number of rotatable bonds is 6. The normalized spacial score (nSPS) is 28.1. The van der Waals surface area contributed by atoms with E-state index in [-0.39, 0.29) is 12.8 Å². The molecule has 0 radical (unpaired) electrons. The molecule has 0 aliphatic heterocycles. The van der Waals surface area contributed by atoms with Gasteiger partial charge in [-0.3, -0.25) is 19.2 Å². The topological polar surface area (TPSA) is 127 Å². The van der Waals surface area contributed by atoms with E-state index in [1.807, 2.05) is 0 Å². The van der Waals surface area contributed by atoms with Crippen molar-refractivity contribution >= 4 is 23.9 Å². The van der Waals surface area contributed by atoms with Crippen LogP contribution in [0.5, 0.6) is 0 Å². The molecule has 0 spiro atoms. The lowest BCUT2D eigenvalue weighted by atomic mass is 9.54. The molecule has 8 heteroatoms. The lowest BCUT2D eigenvalue weighted by Gasteiger charge is -2.46. The van der Waals surface area contributed by atoms with E-state index >= 15 is 0 Å². The Morgan fingerprint density at radius 2 is 1.10 bits per heavy atom. The van der Waals surface area contributed by atoms with Gasteiger partial charge in [-0.15, -0.1) is 0 Å². The third-order valence-corrected chi connectivity index (χ3v) is 3.69. The highest BCUT2D eigenvalue weighted by Gasteiger charge is 2.58. The van der Waals surface area contributed by atoms with Crippen LogP contribution in [-0.2, 0) is 28.7 Å². The fraction of sp³-hybridized carbons (Fsp3) is 0.667. The summed E-state index contributed by atoms with van der Waals surface area (Å²) in [5.41, 5.74) is 0. The summed E-state index contributed by atoms with van der Waals surface area (Å²) < 4.78 is 8.93. The number of hydrogen-bond donors (Lipinski definition) is 2. The van der Waals surface area contributed by atoms with E-state index in [1.165, 1.54) is 0 Å². The van der Waals surface area contributed by atoms with Gasteiger partial charge in [-0.1, -0.05) is 0 Å². The number of carboxylic acids is 2. The first-order valence-electron chi connectivity index (χ1n) is 5.92. The number of aliphatic carboxylic acids is 2. The molecule has 1 aliphatic rings. The zero-order valence-electron chi connectivity index (χ0n) is 11.1. The molecule has 20 heavy (non-hydrogen) atoms. The summed E-state index contributed by atoms with van der Waals surface area (Å²) >= 11 is 0. The van der Waals surface area contributed by atoms with Crippen LogP contribution in [0.1, 0.15) is 12.8 Å². The lowest BCUT2D eigenvalue weighted by molar-refractivity contribution is -0.181. The molecule has 1 rings (SSSR count). The van der Waals surface area contributed by atoms with Crippen molar-refractivity contribution in [1.29, 1.82) is 0 Å². The number of esters is 2. The SMILES string of the molecule is COC(=O)CC1C(CC(=O)OC)C(C(=O)O)C1C(=O)O. The quantitative estimate of drug-likeness (QED) is 0.641. The summed E-state index contributed by atoms with van der Waals surface area (Å²) in [6.45, 7) is 0. The molecule has 4 atom stereocenters. The number of hydrogen-bond acceptors (Lipinski definition) is 6. The highest BCUT2D eigenvalue weighted by Crippen LogP contribution is 2.50. The molecule has 4 unspecified atom stereocenters. The van der Waals surface area contributed by atoms with Gasteiger partial charge in [0.05, 0.1) is 26.1 Å². The zero-order chi connectivity index (χ0) is 15.4. The number of carboxylic acid groups (broad SMARTS) is 2. The van der Waals surface area contributed by atoms with Crippen LogP contribution in [-0.4, -0.2) is 48.3 Å². The van der Waals surface area contributed by atoms with Gasteiger partial charge in [0, 0.05) is 12.8 Å². The molecule has 0 aromatic heterocycles. The first-order chi connectivity index (χ1) is 9.33. The molecule has 1 aliphatic carbocycles. The van der Waals surface area contributed by atoms with E-state index in [1.54, 1.807) is 0 Å². The highest BCUT2D eigenvalue weighted by atomic mass is 16.5. The summed E-state index contributed by atoms with van der Waals surface area (Å²) in [6, 6.07) is 0. The number of carbonyl (C=O) groups is 4. The molecule has 2 N–H and O–H groups in total. The minimum absolute atomic E-state index is 0.237. The minimum atomic E-state index is -1.30. The summed E-state index contributed by atoms with van der Waals surface area (Å²) in [6.07, 6.45) is -0.474. The lowest BCUT2D eigenvalue weighted by Crippen LogP contribution is -2.55. The molecule has 0 aromatic rings. The van der Waals surface area contributed by atoms with Gasteiger partial charge < -0.3 is 19.7 Å². The summed E-state index contributed by atoms with van der Waals surface area (Å²) in [7, 11) is 2.31. The first kappa shape index (κ1) is 15.9. The molecule has 1 saturated carbocycles. The Labute approximate surface area is 114 Å². The second kappa shape index (κ2) is 6.36. The van der Waals surface area contributed by atoms with E-state index in [0.717, 1.165) is 14.2 Å². The van der Waals surface area contributed by atoms with E-state index in [0.29, 0.717) is 0 Å². The smallest absolute Gasteiger partial charge is 0.307 e. The Kier molecular flexibility index (Phi) is 5.06. The van der Waals surface area contributed by atoms with E-state index in [2.05, 4.69) is 9.47 Å². The van der Waals surface area contributed by atoms with Gasteiger partial charge in [-0.2, -0.15) is 0 Å². The van der Waals surface area contributed by atoms with Crippen molar-refractivity contribution in [3.05, 3.63) is 0 Å². The average molecular weight is 288 g/mol.